The average Bonchev–Trinajstić information content (AvgIpc) is 2.36. The molecule has 3 nitrogen and oxygen atoms in total. The first kappa shape index (κ1) is 13.9. The largest absolute Gasteiger partial charge is 0.310 e. The van der Waals surface area contributed by atoms with Crippen LogP contribution in [0.5, 0.6) is 0 Å². The van der Waals surface area contributed by atoms with E-state index < -0.39 is 0 Å². The maximum atomic E-state index is 11.6. The van der Waals surface area contributed by atoms with Crippen LogP contribution in [0.4, 0.5) is 0 Å². The van der Waals surface area contributed by atoms with Gasteiger partial charge in [-0.1, -0.05) is 31.5 Å². The summed E-state index contributed by atoms with van der Waals surface area (Å²) in [6.45, 7) is 6.15. The summed E-state index contributed by atoms with van der Waals surface area (Å²) in [6, 6.07) is 9.89. The Balaban J connectivity index is 2.13. The number of hydrogen-bond donors (Lipinski definition) is 1. The number of aromatic nitrogens is 2. The zero-order valence-electron chi connectivity index (χ0n) is 11.4. The number of benzene rings is 1. The van der Waals surface area contributed by atoms with Crippen molar-refractivity contribution in [1.29, 1.82) is 0 Å². The second kappa shape index (κ2) is 6.06. The van der Waals surface area contributed by atoms with Crippen LogP contribution in [0.25, 0.3) is 0 Å². The first-order chi connectivity index (χ1) is 9.04. The zero-order chi connectivity index (χ0) is 13.8. The van der Waals surface area contributed by atoms with Gasteiger partial charge < -0.3 is 4.98 Å². The van der Waals surface area contributed by atoms with Gasteiger partial charge in [0, 0.05) is 11.0 Å². The molecule has 1 aromatic carbocycles. The minimum atomic E-state index is -0.0708. The molecule has 0 atom stereocenters. The quantitative estimate of drug-likeness (QED) is 0.868. The molecule has 2 aromatic rings. The zero-order valence-corrected chi connectivity index (χ0v) is 12.3. The number of hydrogen-bond acceptors (Lipinski definition) is 3. The third-order valence-corrected chi connectivity index (χ3v) is 3.77. The van der Waals surface area contributed by atoms with Gasteiger partial charge in [0.1, 0.15) is 5.82 Å². The lowest BCUT2D eigenvalue weighted by atomic mass is 10.1. The normalized spacial score (nSPS) is 10.9. The van der Waals surface area contributed by atoms with Crippen LogP contribution in [-0.4, -0.2) is 9.97 Å². The van der Waals surface area contributed by atoms with E-state index in [1.165, 1.54) is 10.5 Å². The summed E-state index contributed by atoms with van der Waals surface area (Å²) in [5, 5.41) is 0. The Morgan fingerprint density at radius 2 is 2.11 bits per heavy atom. The highest BCUT2D eigenvalue weighted by Crippen LogP contribution is 2.22. The molecule has 2 rings (SSSR count). The van der Waals surface area contributed by atoms with Crippen molar-refractivity contribution < 1.29 is 0 Å². The minimum Gasteiger partial charge on any atom is -0.310 e. The third kappa shape index (κ3) is 3.96. The van der Waals surface area contributed by atoms with Crippen molar-refractivity contribution in [3.05, 3.63) is 57.8 Å². The molecule has 1 aromatic heterocycles. The molecule has 0 radical (unpaired) electrons. The molecular formula is C15H18N2OS. The number of nitrogens with zero attached hydrogens (tertiary/aromatic N) is 1. The summed E-state index contributed by atoms with van der Waals surface area (Å²) < 4.78 is 0. The maximum Gasteiger partial charge on any atom is 0.251 e. The summed E-state index contributed by atoms with van der Waals surface area (Å²) in [7, 11) is 0. The fraction of sp³-hybridized carbons (Fsp3) is 0.333. The second-order valence-electron chi connectivity index (χ2n) is 4.88. The number of aromatic amines is 1. The Kier molecular flexibility index (Phi) is 4.43. The molecule has 0 aliphatic heterocycles. The van der Waals surface area contributed by atoms with Crippen LogP contribution in [0.3, 0.4) is 0 Å². The van der Waals surface area contributed by atoms with Crippen molar-refractivity contribution in [2.75, 3.05) is 0 Å². The van der Waals surface area contributed by atoms with Crippen molar-refractivity contribution in [3.8, 4) is 0 Å². The van der Waals surface area contributed by atoms with Gasteiger partial charge >= 0.3 is 0 Å². The van der Waals surface area contributed by atoms with Gasteiger partial charge in [-0.15, -0.1) is 11.8 Å². The van der Waals surface area contributed by atoms with Gasteiger partial charge in [0.2, 0.25) is 0 Å². The van der Waals surface area contributed by atoms with E-state index in [4.69, 9.17) is 0 Å². The van der Waals surface area contributed by atoms with E-state index in [1.54, 1.807) is 17.8 Å². The predicted octanol–water partition coefficient (Wildman–Crippen LogP) is 3.49. The SMILES string of the molecule is Cc1cccc(SCc2nc(C(C)C)cc(=O)[nH]2)c1. The van der Waals surface area contributed by atoms with E-state index in [0.717, 1.165) is 11.5 Å². The number of H-pyrrole nitrogens is 1. The molecule has 0 saturated heterocycles. The van der Waals surface area contributed by atoms with Crippen LogP contribution < -0.4 is 5.56 Å². The number of thioether (sulfide) groups is 1. The minimum absolute atomic E-state index is 0.0708. The second-order valence-corrected chi connectivity index (χ2v) is 5.93. The molecule has 0 fully saturated rings. The van der Waals surface area contributed by atoms with E-state index >= 15 is 0 Å². The molecule has 4 heteroatoms. The summed E-state index contributed by atoms with van der Waals surface area (Å²) in [5.74, 6) is 1.69. The topological polar surface area (TPSA) is 45.8 Å². The molecule has 0 spiro atoms. The van der Waals surface area contributed by atoms with Crippen molar-refractivity contribution in [2.24, 2.45) is 0 Å². The molecule has 0 amide bonds. The van der Waals surface area contributed by atoms with Crippen LogP contribution in [0.15, 0.2) is 40.0 Å². The van der Waals surface area contributed by atoms with Gasteiger partial charge in [0.05, 0.1) is 11.4 Å². The lowest BCUT2D eigenvalue weighted by Crippen LogP contribution is -2.12. The lowest BCUT2D eigenvalue weighted by Gasteiger charge is -2.07. The summed E-state index contributed by atoms with van der Waals surface area (Å²) >= 11 is 1.68. The molecule has 0 saturated carbocycles. The van der Waals surface area contributed by atoms with E-state index in [2.05, 4.69) is 35.1 Å². The van der Waals surface area contributed by atoms with Gasteiger partial charge in [-0.05, 0) is 25.0 Å². The maximum absolute atomic E-state index is 11.6. The van der Waals surface area contributed by atoms with E-state index in [-0.39, 0.29) is 11.5 Å². The van der Waals surface area contributed by atoms with Gasteiger partial charge in [0.15, 0.2) is 0 Å². The lowest BCUT2D eigenvalue weighted by molar-refractivity contribution is 0.793. The van der Waals surface area contributed by atoms with Crippen LogP contribution in [-0.2, 0) is 5.75 Å². The fourth-order valence-electron chi connectivity index (χ4n) is 1.75. The summed E-state index contributed by atoms with van der Waals surface area (Å²) in [5.41, 5.74) is 2.02. The fourth-order valence-corrected chi connectivity index (χ4v) is 2.63. The Hall–Kier alpha value is -1.55. The Labute approximate surface area is 117 Å². The number of rotatable bonds is 4. The van der Waals surface area contributed by atoms with Gasteiger partial charge in [-0.25, -0.2) is 4.98 Å². The summed E-state index contributed by atoms with van der Waals surface area (Å²) in [4.78, 5) is 20.1. The van der Waals surface area contributed by atoms with Crippen molar-refractivity contribution in [1.82, 2.24) is 9.97 Å². The van der Waals surface area contributed by atoms with Crippen molar-refractivity contribution in [2.45, 2.75) is 37.3 Å². The monoisotopic (exact) mass is 274 g/mol. The molecule has 0 unspecified atom stereocenters. The van der Waals surface area contributed by atoms with E-state index in [9.17, 15) is 4.79 Å². The first-order valence-electron chi connectivity index (χ1n) is 6.34. The smallest absolute Gasteiger partial charge is 0.251 e. The Morgan fingerprint density at radius 3 is 2.79 bits per heavy atom. The molecule has 0 bridgehead atoms. The van der Waals surface area contributed by atoms with E-state index in [1.807, 2.05) is 19.9 Å². The van der Waals surface area contributed by atoms with Gasteiger partial charge in [-0.2, -0.15) is 0 Å². The summed E-state index contributed by atoms with van der Waals surface area (Å²) in [6.07, 6.45) is 0. The van der Waals surface area contributed by atoms with E-state index in [0.29, 0.717) is 5.75 Å². The highest BCUT2D eigenvalue weighted by molar-refractivity contribution is 7.98. The third-order valence-electron chi connectivity index (χ3n) is 2.77. The first-order valence-corrected chi connectivity index (χ1v) is 7.33. The van der Waals surface area contributed by atoms with Crippen molar-refractivity contribution >= 4 is 11.8 Å². The Morgan fingerprint density at radius 1 is 1.32 bits per heavy atom. The molecular weight excluding hydrogens is 256 g/mol. The predicted molar refractivity (Wildman–Crippen MR) is 79.7 cm³/mol. The molecule has 0 aliphatic carbocycles. The standard InChI is InChI=1S/C15H18N2OS/c1-10(2)13-8-15(18)17-14(16-13)9-19-12-6-4-5-11(3)7-12/h4-8,10H,9H2,1-3H3,(H,16,17,18). The molecule has 1 heterocycles. The molecule has 0 aliphatic rings. The van der Waals surface area contributed by atoms with Gasteiger partial charge in [0.25, 0.3) is 5.56 Å². The number of aryl methyl sites for hydroxylation is 1. The van der Waals surface area contributed by atoms with Crippen LogP contribution in [0, 0.1) is 6.92 Å². The van der Waals surface area contributed by atoms with Crippen LogP contribution in [0.2, 0.25) is 0 Å². The average molecular weight is 274 g/mol. The highest BCUT2D eigenvalue weighted by Gasteiger charge is 2.05. The van der Waals surface area contributed by atoms with Crippen molar-refractivity contribution in [3.63, 3.8) is 0 Å². The van der Waals surface area contributed by atoms with Crippen LogP contribution >= 0.6 is 11.8 Å². The molecule has 1 N–H and O–H groups in total. The Bertz CT molecular complexity index is 620. The molecule has 100 valence electrons. The number of nitrogens with one attached hydrogen (secondary N) is 1. The highest BCUT2D eigenvalue weighted by atomic mass is 32.2. The molecule has 19 heavy (non-hydrogen) atoms. The van der Waals surface area contributed by atoms with Gasteiger partial charge in [-0.3, -0.25) is 4.79 Å². The van der Waals surface area contributed by atoms with Crippen LogP contribution in [0.1, 0.15) is 36.8 Å².